The first-order valence-corrected chi connectivity index (χ1v) is 6.48. The molecule has 1 aliphatic heterocycles. The fourth-order valence-electron chi connectivity index (χ4n) is 2.16. The number of hydrogen-bond donors (Lipinski definition) is 1. The Balaban J connectivity index is 2.63. The molecule has 1 rings (SSSR count). The molecule has 96 valence electrons. The molecule has 1 atom stereocenters. The Morgan fingerprint density at radius 2 is 2.12 bits per heavy atom. The molecule has 4 nitrogen and oxygen atoms in total. The van der Waals surface area contributed by atoms with E-state index >= 15 is 0 Å². The van der Waals surface area contributed by atoms with Crippen LogP contribution in [0.1, 0.15) is 46.0 Å². The van der Waals surface area contributed by atoms with Crippen LogP contribution in [0.25, 0.3) is 0 Å². The highest BCUT2D eigenvalue weighted by molar-refractivity contribution is 5.85. The van der Waals surface area contributed by atoms with E-state index < -0.39 is 5.41 Å². The molecule has 0 aromatic carbocycles. The first kappa shape index (κ1) is 14.0. The summed E-state index contributed by atoms with van der Waals surface area (Å²) in [6.45, 7) is 5.17. The summed E-state index contributed by atoms with van der Waals surface area (Å²) < 4.78 is 5.22. The molecular formula is C13H22N2O2. The number of hydrogen-bond acceptors (Lipinski definition) is 3. The molecule has 1 N–H and O–H groups in total. The van der Waals surface area contributed by atoms with Crippen molar-refractivity contribution in [3.8, 4) is 6.07 Å². The molecule has 1 aliphatic rings. The van der Waals surface area contributed by atoms with Crippen LogP contribution in [0, 0.1) is 16.7 Å². The second kappa shape index (κ2) is 6.61. The van der Waals surface area contributed by atoms with Crippen molar-refractivity contribution in [3.05, 3.63) is 0 Å². The van der Waals surface area contributed by atoms with Gasteiger partial charge < -0.3 is 10.1 Å². The van der Waals surface area contributed by atoms with Gasteiger partial charge in [0.25, 0.3) is 0 Å². The van der Waals surface area contributed by atoms with E-state index in [0.29, 0.717) is 26.1 Å². The third-order valence-electron chi connectivity index (χ3n) is 3.46. The Morgan fingerprint density at radius 3 is 2.59 bits per heavy atom. The van der Waals surface area contributed by atoms with Gasteiger partial charge in [0.05, 0.1) is 6.07 Å². The zero-order chi connectivity index (χ0) is 12.7. The van der Waals surface area contributed by atoms with E-state index in [2.05, 4.69) is 25.2 Å². The second-order valence-corrected chi connectivity index (χ2v) is 4.67. The fraction of sp³-hybridized carbons (Fsp3) is 0.846. The van der Waals surface area contributed by atoms with E-state index in [0.717, 1.165) is 19.3 Å². The lowest BCUT2D eigenvalue weighted by atomic mass is 9.80. The molecule has 0 spiro atoms. The molecule has 0 saturated carbocycles. The monoisotopic (exact) mass is 238 g/mol. The molecule has 1 amide bonds. The number of nitriles is 1. The lowest BCUT2D eigenvalue weighted by molar-refractivity contribution is -0.133. The van der Waals surface area contributed by atoms with Gasteiger partial charge in [0.1, 0.15) is 5.41 Å². The van der Waals surface area contributed by atoms with Crippen LogP contribution in [0.5, 0.6) is 0 Å². The van der Waals surface area contributed by atoms with E-state index in [-0.39, 0.29) is 11.9 Å². The number of rotatable bonds is 5. The number of ether oxygens (including phenoxy) is 1. The topological polar surface area (TPSA) is 62.1 Å². The van der Waals surface area contributed by atoms with Gasteiger partial charge >= 0.3 is 0 Å². The van der Waals surface area contributed by atoms with Gasteiger partial charge in [-0.25, -0.2) is 0 Å². The predicted molar refractivity (Wildman–Crippen MR) is 65.2 cm³/mol. The number of carbonyl (C=O) groups is 1. The van der Waals surface area contributed by atoms with E-state index in [1.54, 1.807) is 0 Å². The van der Waals surface area contributed by atoms with Gasteiger partial charge in [-0.3, -0.25) is 4.79 Å². The second-order valence-electron chi connectivity index (χ2n) is 4.67. The molecule has 4 heteroatoms. The van der Waals surface area contributed by atoms with Crippen molar-refractivity contribution in [2.24, 2.45) is 5.41 Å². The maximum atomic E-state index is 12.2. The van der Waals surface area contributed by atoms with Crippen LogP contribution in [-0.4, -0.2) is 25.2 Å². The van der Waals surface area contributed by atoms with Gasteiger partial charge in [0.2, 0.25) is 5.91 Å². The zero-order valence-corrected chi connectivity index (χ0v) is 10.8. The first-order valence-electron chi connectivity index (χ1n) is 6.48. The summed E-state index contributed by atoms with van der Waals surface area (Å²) in [5, 5.41) is 12.3. The van der Waals surface area contributed by atoms with Crippen LogP contribution in [-0.2, 0) is 9.53 Å². The van der Waals surface area contributed by atoms with Crippen molar-refractivity contribution in [2.45, 2.75) is 52.0 Å². The molecule has 1 saturated heterocycles. The summed E-state index contributed by atoms with van der Waals surface area (Å²) >= 11 is 0. The fourth-order valence-corrected chi connectivity index (χ4v) is 2.16. The standard InChI is InChI=1S/C13H22N2O2/c1-3-5-11(4-2)15-12(16)13(10-14)6-8-17-9-7-13/h11H,3-9H2,1-2H3,(H,15,16). The van der Waals surface area contributed by atoms with Crippen LogP contribution >= 0.6 is 0 Å². The molecule has 1 fully saturated rings. The van der Waals surface area contributed by atoms with Gasteiger partial charge in [0, 0.05) is 19.3 Å². The molecule has 0 aromatic heterocycles. The lowest BCUT2D eigenvalue weighted by Gasteiger charge is -2.31. The Labute approximate surface area is 103 Å². The van der Waals surface area contributed by atoms with E-state index in [9.17, 15) is 10.1 Å². The van der Waals surface area contributed by atoms with Gasteiger partial charge in [-0.05, 0) is 25.7 Å². The van der Waals surface area contributed by atoms with Crippen LogP contribution in [0.15, 0.2) is 0 Å². The van der Waals surface area contributed by atoms with Crippen molar-refractivity contribution >= 4 is 5.91 Å². The summed E-state index contributed by atoms with van der Waals surface area (Å²) in [5.41, 5.74) is -0.862. The maximum Gasteiger partial charge on any atom is 0.240 e. The van der Waals surface area contributed by atoms with Crippen LogP contribution in [0.2, 0.25) is 0 Å². The molecule has 17 heavy (non-hydrogen) atoms. The van der Waals surface area contributed by atoms with E-state index in [1.807, 2.05) is 0 Å². The number of carbonyl (C=O) groups excluding carboxylic acids is 1. The number of nitrogens with zero attached hydrogens (tertiary/aromatic N) is 1. The van der Waals surface area contributed by atoms with E-state index in [1.165, 1.54) is 0 Å². The van der Waals surface area contributed by atoms with Crippen molar-refractivity contribution in [3.63, 3.8) is 0 Å². The minimum Gasteiger partial charge on any atom is -0.381 e. The summed E-state index contributed by atoms with van der Waals surface area (Å²) in [5.74, 6) is -0.108. The molecule has 0 aromatic rings. The SMILES string of the molecule is CCCC(CC)NC(=O)C1(C#N)CCOCC1. The molecular weight excluding hydrogens is 216 g/mol. The van der Waals surface area contributed by atoms with Gasteiger partial charge in [0.15, 0.2) is 0 Å². The molecule has 0 aliphatic carbocycles. The number of amides is 1. The molecule has 1 heterocycles. The van der Waals surface area contributed by atoms with Crippen molar-refractivity contribution in [1.82, 2.24) is 5.32 Å². The Bertz CT molecular complexity index is 290. The van der Waals surface area contributed by atoms with Crippen molar-refractivity contribution in [2.75, 3.05) is 13.2 Å². The zero-order valence-electron chi connectivity index (χ0n) is 10.8. The van der Waals surface area contributed by atoms with Crippen LogP contribution < -0.4 is 5.32 Å². The van der Waals surface area contributed by atoms with Gasteiger partial charge in [-0.2, -0.15) is 5.26 Å². The summed E-state index contributed by atoms with van der Waals surface area (Å²) in [7, 11) is 0. The minimum atomic E-state index is -0.862. The van der Waals surface area contributed by atoms with Crippen molar-refractivity contribution in [1.29, 1.82) is 5.26 Å². The maximum absolute atomic E-state index is 12.2. The summed E-state index contributed by atoms with van der Waals surface area (Å²) in [4.78, 5) is 12.2. The average molecular weight is 238 g/mol. The first-order chi connectivity index (χ1) is 8.18. The van der Waals surface area contributed by atoms with Crippen LogP contribution in [0.4, 0.5) is 0 Å². The highest BCUT2D eigenvalue weighted by Gasteiger charge is 2.40. The summed E-state index contributed by atoms with van der Waals surface area (Å²) in [6.07, 6.45) is 3.95. The minimum absolute atomic E-state index is 0.108. The van der Waals surface area contributed by atoms with Crippen molar-refractivity contribution < 1.29 is 9.53 Å². The normalized spacial score (nSPS) is 20.3. The molecule has 1 unspecified atom stereocenters. The lowest BCUT2D eigenvalue weighted by Crippen LogP contribution is -2.47. The molecule has 0 bridgehead atoms. The Morgan fingerprint density at radius 1 is 1.47 bits per heavy atom. The average Bonchev–Trinajstić information content (AvgIpc) is 2.38. The van der Waals surface area contributed by atoms with Gasteiger partial charge in [-0.1, -0.05) is 20.3 Å². The third-order valence-corrected chi connectivity index (χ3v) is 3.46. The highest BCUT2D eigenvalue weighted by atomic mass is 16.5. The van der Waals surface area contributed by atoms with Gasteiger partial charge in [-0.15, -0.1) is 0 Å². The Kier molecular flexibility index (Phi) is 5.43. The van der Waals surface area contributed by atoms with Crippen LogP contribution in [0.3, 0.4) is 0 Å². The molecule has 0 radical (unpaired) electrons. The summed E-state index contributed by atoms with van der Waals surface area (Å²) in [6, 6.07) is 2.39. The quantitative estimate of drug-likeness (QED) is 0.796. The largest absolute Gasteiger partial charge is 0.381 e. The Hall–Kier alpha value is -1.08. The smallest absolute Gasteiger partial charge is 0.240 e. The van der Waals surface area contributed by atoms with E-state index in [4.69, 9.17) is 4.74 Å². The highest BCUT2D eigenvalue weighted by Crippen LogP contribution is 2.30. The third kappa shape index (κ3) is 3.44. The number of nitrogens with one attached hydrogen (secondary N) is 1. The predicted octanol–water partition coefficient (Wildman–Crippen LogP) is 2.00.